The molecule has 0 aromatic heterocycles. The summed E-state index contributed by atoms with van der Waals surface area (Å²) in [4.78, 5) is 15.9. The number of hydrogen-bond acceptors (Lipinski definition) is 4. The van der Waals surface area contributed by atoms with Gasteiger partial charge in [-0.05, 0) is 36.6 Å². The number of thioether (sulfide) groups is 1. The Morgan fingerprint density at radius 3 is 2.59 bits per heavy atom. The third-order valence-electron chi connectivity index (χ3n) is 4.78. The van der Waals surface area contributed by atoms with Crippen LogP contribution in [0.3, 0.4) is 0 Å². The first-order chi connectivity index (χ1) is 13.1. The van der Waals surface area contributed by atoms with Crippen LogP contribution in [-0.2, 0) is 22.6 Å². The van der Waals surface area contributed by atoms with Gasteiger partial charge in [0.25, 0.3) is 0 Å². The summed E-state index contributed by atoms with van der Waals surface area (Å²) >= 11 is 1.60. The molecule has 0 spiro atoms. The van der Waals surface area contributed by atoms with Crippen molar-refractivity contribution in [2.45, 2.75) is 31.8 Å². The number of benzene rings is 2. The Bertz CT molecular complexity index is 773. The highest BCUT2D eigenvalue weighted by molar-refractivity contribution is 8.00. The van der Waals surface area contributed by atoms with Crippen molar-refractivity contribution in [1.29, 1.82) is 0 Å². The first-order valence-corrected chi connectivity index (χ1v) is 10.4. The third kappa shape index (κ3) is 6.09. The highest BCUT2D eigenvalue weighted by Gasteiger charge is 2.13. The molecule has 0 atom stereocenters. The number of carbonyl (C=O) groups is 1. The molecule has 1 heterocycles. The van der Waals surface area contributed by atoms with E-state index in [1.165, 1.54) is 27.1 Å². The molecular formula is C22H28N2O2S. The Hall–Kier alpha value is -1.82. The van der Waals surface area contributed by atoms with Gasteiger partial charge in [-0.25, -0.2) is 0 Å². The summed E-state index contributed by atoms with van der Waals surface area (Å²) < 4.78 is 5.42. The lowest BCUT2D eigenvalue weighted by molar-refractivity contribution is -0.118. The minimum absolute atomic E-state index is 0.0705. The first-order valence-electron chi connectivity index (χ1n) is 9.45. The fraction of sp³-hybridized carbons (Fsp3) is 0.409. The van der Waals surface area contributed by atoms with E-state index in [0.29, 0.717) is 12.3 Å². The van der Waals surface area contributed by atoms with Crippen LogP contribution in [0, 0.1) is 13.8 Å². The van der Waals surface area contributed by atoms with Crippen molar-refractivity contribution in [2.24, 2.45) is 0 Å². The molecule has 1 amide bonds. The smallest absolute Gasteiger partial charge is 0.230 e. The van der Waals surface area contributed by atoms with E-state index in [1.807, 2.05) is 6.07 Å². The van der Waals surface area contributed by atoms with E-state index < -0.39 is 0 Å². The van der Waals surface area contributed by atoms with Crippen LogP contribution in [0.4, 0.5) is 0 Å². The van der Waals surface area contributed by atoms with Gasteiger partial charge < -0.3 is 10.1 Å². The Kier molecular flexibility index (Phi) is 7.33. The molecule has 0 bridgehead atoms. The normalized spacial score (nSPS) is 14.9. The summed E-state index contributed by atoms with van der Waals surface area (Å²) in [5, 5.41) is 3.07. The van der Waals surface area contributed by atoms with E-state index in [0.717, 1.165) is 32.8 Å². The van der Waals surface area contributed by atoms with Gasteiger partial charge in [-0.3, -0.25) is 9.69 Å². The van der Waals surface area contributed by atoms with Crippen molar-refractivity contribution < 1.29 is 9.53 Å². The van der Waals surface area contributed by atoms with Crippen molar-refractivity contribution >= 4 is 17.7 Å². The third-order valence-corrected chi connectivity index (χ3v) is 5.96. The van der Waals surface area contributed by atoms with Gasteiger partial charge in [0.05, 0.1) is 19.0 Å². The fourth-order valence-corrected chi connectivity index (χ4v) is 4.07. The molecule has 5 heteroatoms. The lowest BCUT2D eigenvalue weighted by Gasteiger charge is -2.27. The zero-order valence-corrected chi connectivity index (χ0v) is 17.0. The van der Waals surface area contributed by atoms with Gasteiger partial charge in [0.15, 0.2) is 0 Å². The second kappa shape index (κ2) is 9.93. The first kappa shape index (κ1) is 19.9. The minimum atomic E-state index is 0.0705. The van der Waals surface area contributed by atoms with Crippen molar-refractivity contribution in [3.63, 3.8) is 0 Å². The van der Waals surface area contributed by atoms with Crippen LogP contribution in [-0.4, -0.2) is 42.9 Å². The average Bonchev–Trinajstić information content (AvgIpc) is 2.67. The maximum Gasteiger partial charge on any atom is 0.230 e. The number of ether oxygens (including phenoxy) is 1. The zero-order chi connectivity index (χ0) is 19.1. The van der Waals surface area contributed by atoms with Gasteiger partial charge in [-0.1, -0.05) is 42.0 Å². The molecule has 27 heavy (non-hydrogen) atoms. The molecule has 0 saturated carbocycles. The number of aryl methyl sites for hydroxylation is 2. The van der Waals surface area contributed by atoms with Crippen molar-refractivity contribution in [2.75, 3.05) is 32.1 Å². The monoisotopic (exact) mass is 384 g/mol. The van der Waals surface area contributed by atoms with Crippen LogP contribution in [0.1, 0.15) is 22.3 Å². The Morgan fingerprint density at radius 2 is 1.85 bits per heavy atom. The Morgan fingerprint density at radius 1 is 1.11 bits per heavy atom. The van der Waals surface area contributed by atoms with Crippen LogP contribution in [0.15, 0.2) is 47.4 Å². The van der Waals surface area contributed by atoms with E-state index in [1.54, 1.807) is 11.8 Å². The number of hydrogen-bond donors (Lipinski definition) is 1. The average molecular weight is 385 g/mol. The number of amides is 1. The Labute approximate surface area is 166 Å². The summed E-state index contributed by atoms with van der Waals surface area (Å²) in [6.45, 7) is 9.20. The standard InChI is InChI=1S/C22H28N2O2S/c1-17-7-8-21(18(2)13-17)27-16-22(25)23-14-19-5-3-4-6-20(19)15-24-9-11-26-12-10-24/h3-8,13H,9-12,14-16H2,1-2H3,(H,23,25). The predicted octanol–water partition coefficient (Wildman–Crippen LogP) is 3.54. The summed E-state index contributed by atoms with van der Waals surface area (Å²) in [5.74, 6) is 0.511. The highest BCUT2D eigenvalue weighted by atomic mass is 32.2. The second-order valence-corrected chi connectivity index (χ2v) is 8.01. The number of nitrogens with one attached hydrogen (secondary N) is 1. The maximum atomic E-state index is 12.3. The molecule has 0 aliphatic carbocycles. The van der Waals surface area contributed by atoms with Crippen LogP contribution < -0.4 is 5.32 Å². The van der Waals surface area contributed by atoms with Crippen LogP contribution in [0.5, 0.6) is 0 Å². The molecule has 2 aromatic rings. The SMILES string of the molecule is Cc1ccc(SCC(=O)NCc2ccccc2CN2CCOCC2)c(C)c1. The van der Waals surface area contributed by atoms with E-state index in [2.05, 4.69) is 60.5 Å². The summed E-state index contributed by atoms with van der Waals surface area (Å²) in [7, 11) is 0. The van der Waals surface area contributed by atoms with E-state index >= 15 is 0 Å². The van der Waals surface area contributed by atoms with Crippen LogP contribution in [0.2, 0.25) is 0 Å². The number of carbonyl (C=O) groups excluding carboxylic acids is 1. The van der Waals surface area contributed by atoms with Crippen molar-refractivity contribution in [3.05, 3.63) is 64.7 Å². The highest BCUT2D eigenvalue weighted by Crippen LogP contribution is 2.23. The number of morpholine rings is 1. The quantitative estimate of drug-likeness (QED) is 0.742. The summed E-state index contributed by atoms with van der Waals surface area (Å²) in [5.41, 5.74) is 4.94. The van der Waals surface area contributed by atoms with E-state index in [9.17, 15) is 4.79 Å². The number of rotatable bonds is 7. The second-order valence-electron chi connectivity index (χ2n) is 6.99. The molecule has 1 saturated heterocycles. The maximum absolute atomic E-state index is 12.3. The molecule has 0 radical (unpaired) electrons. The molecule has 1 N–H and O–H groups in total. The molecule has 2 aromatic carbocycles. The molecule has 1 aliphatic heterocycles. The molecule has 1 fully saturated rings. The topological polar surface area (TPSA) is 41.6 Å². The number of nitrogens with zero attached hydrogens (tertiary/aromatic N) is 1. The van der Waals surface area contributed by atoms with E-state index in [4.69, 9.17) is 4.74 Å². The van der Waals surface area contributed by atoms with E-state index in [-0.39, 0.29) is 5.91 Å². The molecule has 3 rings (SSSR count). The molecule has 0 unspecified atom stereocenters. The molecule has 4 nitrogen and oxygen atoms in total. The lowest BCUT2D eigenvalue weighted by atomic mass is 10.1. The minimum Gasteiger partial charge on any atom is -0.379 e. The summed E-state index contributed by atoms with van der Waals surface area (Å²) in [6.07, 6.45) is 0. The van der Waals surface area contributed by atoms with Gasteiger partial charge in [-0.2, -0.15) is 0 Å². The van der Waals surface area contributed by atoms with Crippen LogP contribution >= 0.6 is 11.8 Å². The zero-order valence-electron chi connectivity index (χ0n) is 16.2. The van der Waals surface area contributed by atoms with Gasteiger partial charge in [0.2, 0.25) is 5.91 Å². The van der Waals surface area contributed by atoms with Gasteiger partial charge in [0.1, 0.15) is 0 Å². The Balaban J connectivity index is 1.51. The lowest BCUT2D eigenvalue weighted by Crippen LogP contribution is -2.36. The van der Waals surface area contributed by atoms with Crippen molar-refractivity contribution in [1.82, 2.24) is 10.2 Å². The van der Waals surface area contributed by atoms with Crippen LogP contribution in [0.25, 0.3) is 0 Å². The van der Waals surface area contributed by atoms with Crippen molar-refractivity contribution in [3.8, 4) is 0 Å². The summed E-state index contributed by atoms with van der Waals surface area (Å²) in [6, 6.07) is 14.7. The van der Waals surface area contributed by atoms with Gasteiger partial charge >= 0.3 is 0 Å². The van der Waals surface area contributed by atoms with Gasteiger partial charge in [-0.15, -0.1) is 11.8 Å². The molecular weight excluding hydrogens is 356 g/mol. The molecule has 144 valence electrons. The molecule has 1 aliphatic rings. The predicted molar refractivity (Wildman–Crippen MR) is 111 cm³/mol. The fourth-order valence-electron chi connectivity index (χ4n) is 3.23. The largest absolute Gasteiger partial charge is 0.379 e. The van der Waals surface area contributed by atoms with Gasteiger partial charge in [0, 0.05) is 31.1 Å².